The number of amides is 1. The average molecular weight is 341 g/mol. The minimum Gasteiger partial charge on any atom is -0.493 e. The lowest BCUT2D eigenvalue weighted by molar-refractivity contribution is -0.126. The van der Waals surface area contributed by atoms with Crippen molar-refractivity contribution in [1.29, 1.82) is 0 Å². The third-order valence-corrected chi connectivity index (χ3v) is 4.24. The van der Waals surface area contributed by atoms with Crippen LogP contribution in [0.2, 0.25) is 0 Å². The normalized spacial score (nSPS) is 15.7. The van der Waals surface area contributed by atoms with Crippen LogP contribution in [0.15, 0.2) is 42.5 Å². The van der Waals surface area contributed by atoms with E-state index in [1.165, 1.54) is 0 Å². The number of rotatable bonds is 6. The van der Waals surface area contributed by atoms with Crippen molar-refractivity contribution in [2.75, 3.05) is 20.3 Å². The molecule has 0 saturated heterocycles. The van der Waals surface area contributed by atoms with Gasteiger partial charge in [0.1, 0.15) is 12.4 Å². The molecule has 0 aliphatic carbocycles. The lowest BCUT2D eigenvalue weighted by Crippen LogP contribution is -2.37. The van der Waals surface area contributed by atoms with Gasteiger partial charge < -0.3 is 19.5 Å². The monoisotopic (exact) mass is 341 g/mol. The molecular formula is C20H23NO4. The Hall–Kier alpha value is -2.69. The lowest BCUT2D eigenvalue weighted by atomic mass is 9.96. The van der Waals surface area contributed by atoms with Crippen molar-refractivity contribution >= 4 is 5.91 Å². The van der Waals surface area contributed by atoms with Gasteiger partial charge in [-0.25, -0.2) is 0 Å². The largest absolute Gasteiger partial charge is 0.493 e. The van der Waals surface area contributed by atoms with Gasteiger partial charge in [0, 0.05) is 6.54 Å². The van der Waals surface area contributed by atoms with Crippen molar-refractivity contribution < 1.29 is 19.0 Å². The summed E-state index contributed by atoms with van der Waals surface area (Å²) >= 11 is 0. The second-order valence-electron chi connectivity index (χ2n) is 5.96. The second kappa shape index (κ2) is 7.92. The summed E-state index contributed by atoms with van der Waals surface area (Å²) in [5.41, 5.74) is 2.04. The van der Waals surface area contributed by atoms with E-state index in [0.29, 0.717) is 37.7 Å². The van der Waals surface area contributed by atoms with Crippen molar-refractivity contribution in [3.05, 3.63) is 53.6 Å². The fourth-order valence-corrected chi connectivity index (χ4v) is 2.93. The molecule has 0 aromatic heterocycles. The van der Waals surface area contributed by atoms with Crippen LogP contribution in [0.5, 0.6) is 17.2 Å². The fourth-order valence-electron chi connectivity index (χ4n) is 2.93. The number of ether oxygens (including phenoxy) is 3. The van der Waals surface area contributed by atoms with Gasteiger partial charge in [0.2, 0.25) is 5.91 Å². The number of para-hydroxylation sites is 1. The van der Waals surface area contributed by atoms with Crippen LogP contribution in [0.3, 0.4) is 0 Å². The Bertz CT molecular complexity index is 744. The minimum atomic E-state index is -0.167. The molecule has 1 aliphatic heterocycles. The number of hydrogen-bond donors (Lipinski definition) is 1. The first-order valence-corrected chi connectivity index (χ1v) is 8.49. The van der Waals surface area contributed by atoms with E-state index in [2.05, 4.69) is 5.32 Å². The second-order valence-corrected chi connectivity index (χ2v) is 5.96. The molecule has 1 N–H and O–H groups in total. The zero-order valence-electron chi connectivity index (χ0n) is 14.6. The predicted molar refractivity (Wildman–Crippen MR) is 95.1 cm³/mol. The zero-order chi connectivity index (χ0) is 17.6. The molecule has 1 amide bonds. The standard InChI is InChI=1S/C20H23NO4/c1-3-24-18-9-8-14(10-19(18)23-2)12-21-20(22)16-11-15-6-4-5-7-17(15)25-13-16/h4-10,16H,3,11-13H2,1-2H3,(H,21,22)/t16-/m0/s1. The SMILES string of the molecule is CCOc1ccc(CNC(=O)[C@@H]2COc3ccccc3C2)cc1OC. The van der Waals surface area contributed by atoms with E-state index in [0.717, 1.165) is 16.9 Å². The Morgan fingerprint density at radius 3 is 2.88 bits per heavy atom. The summed E-state index contributed by atoms with van der Waals surface area (Å²) in [6.07, 6.45) is 0.703. The topological polar surface area (TPSA) is 56.8 Å². The van der Waals surface area contributed by atoms with Crippen LogP contribution in [-0.4, -0.2) is 26.2 Å². The maximum Gasteiger partial charge on any atom is 0.227 e. The van der Waals surface area contributed by atoms with Gasteiger partial charge in [-0.15, -0.1) is 0 Å². The Morgan fingerprint density at radius 2 is 2.08 bits per heavy atom. The van der Waals surface area contributed by atoms with E-state index in [4.69, 9.17) is 14.2 Å². The van der Waals surface area contributed by atoms with E-state index < -0.39 is 0 Å². The van der Waals surface area contributed by atoms with E-state index in [1.807, 2.05) is 49.4 Å². The van der Waals surface area contributed by atoms with Gasteiger partial charge in [-0.1, -0.05) is 24.3 Å². The van der Waals surface area contributed by atoms with Gasteiger partial charge in [-0.2, -0.15) is 0 Å². The smallest absolute Gasteiger partial charge is 0.227 e. The van der Waals surface area contributed by atoms with Gasteiger partial charge in [-0.3, -0.25) is 4.79 Å². The van der Waals surface area contributed by atoms with Crippen LogP contribution < -0.4 is 19.5 Å². The quantitative estimate of drug-likeness (QED) is 0.878. The number of carbonyl (C=O) groups is 1. The predicted octanol–water partition coefficient (Wildman–Crippen LogP) is 2.96. The molecule has 0 bridgehead atoms. The molecule has 1 heterocycles. The number of carbonyl (C=O) groups excluding carboxylic acids is 1. The van der Waals surface area contributed by atoms with Gasteiger partial charge >= 0.3 is 0 Å². The highest BCUT2D eigenvalue weighted by atomic mass is 16.5. The zero-order valence-corrected chi connectivity index (χ0v) is 14.6. The van der Waals surface area contributed by atoms with Crippen LogP contribution in [0.25, 0.3) is 0 Å². The summed E-state index contributed by atoms with van der Waals surface area (Å²) in [6.45, 7) is 3.36. The minimum absolute atomic E-state index is 0.00218. The maximum absolute atomic E-state index is 12.5. The van der Waals surface area contributed by atoms with Crippen molar-refractivity contribution in [3.8, 4) is 17.2 Å². The fraction of sp³-hybridized carbons (Fsp3) is 0.350. The summed E-state index contributed by atoms with van der Waals surface area (Å²) in [7, 11) is 1.61. The van der Waals surface area contributed by atoms with E-state index >= 15 is 0 Å². The number of benzene rings is 2. The Balaban J connectivity index is 1.59. The first-order valence-electron chi connectivity index (χ1n) is 8.49. The summed E-state index contributed by atoms with van der Waals surface area (Å²) in [4.78, 5) is 12.5. The maximum atomic E-state index is 12.5. The number of fused-ring (bicyclic) bond motifs is 1. The van der Waals surface area contributed by atoms with E-state index in [9.17, 15) is 4.79 Å². The molecule has 0 radical (unpaired) electrons. The average Bonchev–Trinajstić information content (AvgIpc) is 2.66. The highest BCUT2D eigenvalue weighted by Crippen LogP contribution is 2.29. The van der Waals surface area contributed by atoms with Crippen LogP contribution in [0, 0.1) is 5.92 Å². The van der Waals surface area contributed by atoms with Crippen LogP contribution >= 0.6 is 0 Å². The summed E-state index contributed by atoms with van der Waals surface area (Å²) < 4.78 is 16.5. The van der Waals surface area contributed by atoms with Crippen molar-refractivity contribution in [2.45, 2.75) is 19.9 Å². The summed E-state index contributed by atoms with van der Waals surface area (Å²) in [5, 5.41) is 2.99. The van der Waals surface area contributed by atoms with Crippen LogP contribution in [0.4, 0.5) is 0 Å². The van der Waals surface area contributed by atoms with E-state index in [1.54, 1.807) is 7.11 Å². The third kappa shape index (κ3) is 4.05. The molecule has 5 nitrogen and oxygen atoms in total. The van der Waals surface area contributed by atoms with Gasteiger partial charge in [-0.05, 0) is 42.7 Å². The Morgan fingerprint density at radius 1 is 1.24 bits per heavy atom. The first kappa shape index (κ1) is 17.1. The molecule has 2 aromatic rings. The number of methoxy groups -OCH3 is 1. The molecule has 0 unspecified atom stereocenters. The molecule has 0 spiro atoms. The molecule has 0 fully saturated rings. The summed E-state index contributed by atoms with van der Waals surface area (Å²) in [5.74, 6) is 2.09. The molecule has 3 rings (SSSR count). The van der Waals surface area contributed by atoms with Crippen LogP contribution in [-0.2, 0) is 17.8 Å². The first-order chi connectivity index (χ1) is 12.2. The molecule has 25 heavy (non-hydrogen) atoms. The molecule has 2 aromatic carbocycles. The molecule has 5 heteroatoms. The number of hydrogen-bond acceptors (Lipinski definition) is 4. The van der Waals surface area contributed by atoms with Gasteiger partial charge in [0.05, 0.1) is 19.6 Å². The van der Waals surface area contributed by atoms with Crippen LogP contribution in [0.1, 0.15) is 18.1 Å². The van der Waals surface area contributed by atoms with Gasteiger partial charge in [0.15, 0.2) is 11.5 Å². The van der Waals surface area contributed by atoms with Crippen molar-refractivity contribution in [2.24, 2.45) is 5.92 Å². The summed E-state index contributed by atoms with van der Waals surface area (Å²) in [6, 6.07) is 13.5. The Labute approximate surface area is 147 Å². The third-order valence-electron chi connectivity index (χ3n) is 4.24. The molecule has 0 saturated carbocycles. The molecule has 1 atom stereocenters. The van der Waals surface area contributed by atoms with Crippen molar-refractivity contribution in [3.63, 3.8) is 0 Å². The lowest BCUT2D eigenvalue weighted by Gasteiger charge is -2.24. The molecule has 132 valence electrons. The van der Waals surface area contributed by atoms with E-state index in [-0.39, 0.29) is 11.8 Å². The highest BCUT2D eigenvalue weighted by Gasteiger charge is 2.25. The Kier molecular flexibility index (Phi) is 5.43. The molecular weight excluding hydrogens is 318 g/mol. The van der Waals surface area contributed by atoms with Gasteiger partial charge in [0.25, 0.3) is 0 Å². The highest BCUT2D eigenvalue weighted by molar-refractivity contribution is 5.79. The van der Waals surface area contributed by atoms with Crippen molar-refractivity contribution in [1.82, 2.24) is 5.32 Å². The molecule has 1 aliphatic rings. The number of nitrogens with one attached hydrogen (secondary N) is 1.